The molecule has 0 saturated heterocycles. The Morgan fingerprint density at radius 3 is 2.50 bits per heavy atom. The normalized spacial score (nSPS) is 11.8. The zero-order valence-electron chi connectivity index (χ0n) is 17.6. The van der Waals surface area contributed by atoms with Gasteiger partial charge in [0.05, 0.1) is 43.4 Å². The zero-order valence-corrected chi connectivity index (χ0v) is 17.6. The number of hydrogen-bond acceptors (Lipinski definition) is 4. The van der Waals surface area contributed by atoms with Crippen molar-refractivity contribution in [3.8, 4) is 5.75 Å². The van der Waals surface area contributed by atoms with Gasteiger partial charge in [0.15, 0.2) is 0 Å². The van der Waals surface area contributed by atoms with Gasteiger partial charge in [-0.3, -0.25) is 9.59 Å². The fourth-order valence-electron chi connectivity index (χ4n) is 3.70. The summed E-state index contributed by atoms with van der Waals surface area (Å²) in [5.74, 6) is -0.308. The van der Waals surface area contributed by atoms with Gasteiger partial charge in [0.1, 0.15) is 5.75 Å². The Morgan fingerprint density at radius 1 is 1.06 bits per heavy atom. The molecule has 162 valence electrons. The minimum atomic E-state index is -0.898. The number of methoxy groups -OCH3 is 1. The van der Waals surface area contributed by atoms with Gasteiger partial charge >= 0.3 is 5.97 Å². The first-order valence-electron chi connectivity index (χ1n) is 10.2. The number of anilines is 1. The number of hydrogen-bond donors (Lipinski definition) is 2. The van der Waals surface area contributed by atoms with Crippen LogP contribution in [0.5, 0.6) is 5.75 Å². The van der Waals surface area contributed by atoms with Crippen LogP contribution in [0.2, 0.25) is 0 Å². The summed E-state index contributed by atoms with van der Waals surface area (Å²) in [5.41, 5.74) is 3.86. The van der Waals surface area contributed by atoms with Crippen molar-refractivity contribution in [1.82, 2.24) is 9.55 Å². The highest BCUT2D eigenvalue weighted by atomic mass is 16.5. The fourth-order valence-corrected chi connectivity index (χ4v) is 3.70. The molecule has 1 amide bonds. The van der Waals surface area contributed by atoms with Crippen molar-refractivity contribution in [3.63, 3.8) is 0 Å². The first-order chi connectivity index (χ1) is 15.5. The van der Waals surface area contributed by atoms with E-state index in [0.717, 1.165) is 27.9 Å². The maximum absolute atomic E-state index is 12.6. The molecule has 0 saturated carbocycles. The molecule has 4 rings (SSSR count). The molecule has 2 N–H and O–H groups in total. The molecule has 0 aliphatic carbocycles. The van der Waals surface area contributed by atoms with Gasteiger partial charge in [-0.15, -0.1) is 0 Å². The number of amides is 1. The van der Waals surface area contributed by atoms with Gasteiger partial charge in [-0.2, -0.15) is 0 Å². The predicted molar refractivity (Wildman–Crippen MR) is 122 cm³/mol. The molecule has 0 bridgehead atoms. The lowest BCUT2D eigenvalue weighted by atomic mass is 10.0. The van der Waals surface area contributed by atoms with Crippen LogP contribution in [-0.2, 0) is 16.0 Å². The Labute approximate surface area is 185 Å². The number of carbonyl (C=O) groups is 2. The maximum Gasteiger partial charge on any atom is 0.305 e. The SMILES string of the molecule is COc1ccc(CC(=O)Nc2ccc3ncn(C(CC(=O)O)c4ccccc4)c3c2)cc1. The van der Waals surface area contributed by atoms with E-state index in [9.17, 15) is 14.7 Å². The lowest BCUT2D eigenvalue weighted by Crippen LogP contribution is -2.15. The molecule has 0 aliphatic rings. The average molecular weight is 429 g/mol. The van der Waals surface area contributed by atoms with Crippen LogP contribution in [0.1, 0.15) is 23.6 Å². The lowest BCUT2D eigenvalue weighted by Gasteiger charge is -2.18. The second-order valence-electron chi connectivity index (χ2n) is 7.45. The number of aliphatic carboxylic acids is 1. The number of carboxylic acids is 1. The molecule has 1 unspecified atom stereocenters. The number of aromatic nitrogens is 2. The van der Waals surface area contributed by atoms with E-state index in [1.54, 1.807) is 19.5 Å². The Bertz CT molecular complexity index is 1230. The minimum absolute atomic E-state index is 0.0798. The van der Waals surface area contributed by atoms with Crippen molar-refractivity contribution in [1.29, 1.82) is 0 Å². The molecule has 1 aromatic heterocycles. The zero-order chi connectivity index (χ0) is 22.5. The van der Waals surface area contributed by atoms with Crippen LogP contribution in [-0.4, -0.2) is 33.6 Å². The van der Waals surface area contributed by atoms with Gasteiger partial charge in [-0.1, -0.05) is 42.5 Å². The number of benzene rings is 3. The molecular weight excluding hydrogens is 406 g/mol. The van der Waals surface area contributed by atoms with Crippen LogP contribution in [0.3, 0.4) is 0 Å². The van der Waals surface area contributed by atoms with Crippen molar-refractivity contribution in [3.05, 3.63) is 90.3 Å². The number of fused-ring (bicyclic) bond motifs is 1. The van der Waals surface area contributed by atoms with Gasteiger partial charge in [0, 0.05) is 5.69 Å². The standard InChI is InChI=1S/C25H23N3O4/c1-32-20-10-7-17(8-11-20)13-24(29)27-19-9-12-21-23(14-19)28(16-26-21)22(15-25(30)31)18-5-3-2-4-6-18/h2-12,14,16,22H,13,15H2,1H3,(H,27,29)(H,30,31). The molecule has 0 fully saturated rings. The van der Waals surface area contributed by atoms with E-state index >= 15 is 0 Å². The van der Waals surface area contributed by atoms with Gasteiger partial charge in [0.25, 0.3) is 0 Å². The van der Waals surface area contributed by atoms with Crippen LogP contribution in [0.25, 0.3) is 11.0 Å². The number of nitrogens with zero attached hydrogens (tertiary/aromatic N) is 2. The number of ether oxygens (including phenoxy) is 1. The lowest BCUT2D eigenvalue weighted by molar-refractivity contribution is -0.137. The first-order valence-corrected chi connectivity index (χ1v) is 10.2. The summed E-state index contributed by atoms with van der Waals surface area (Å²) >= 11 is 0. The fraction of sp³-hybridized carbons (Fsp3) is 0.160. The Balaban J connectivity index is 1.58. The number of carboxylic acid groups (broad SMARTS) is 1. The van der Waals surface area contributed by atoms with E-state index in [0.29, 0.717) is 5.69 Å². The maximum atomic E-state index is 12.6. The number of imidazole rings is 1. The molecule has 1 heterocycles. The highest BCUT2D eigenvalue weighted by Crippen LogP contribution is 2.28. The molecule has 0 spiro atoms. The monoisotopic (exact) mass is 429 g/mol. The smallest absolute Gasteiger partial charge is 0.305 e. The quantitative estimate of drug-likeness (QED) is 0.436. The molecule has 0 aliphatic heterocycles. The Morgan fingerprint density at radius 2 is 1.81 bits per heavy atom. The number of nitrogens with one attached hydrogen (secondary N) is 1. The summed E-state index contributed by atoms with van der Waals surface area (Å²) in [6, 6.07) is 21.8. The molecule has 3 aromatic carbocycles. The molecule has 1 atom stereocenters. The highest BCUT2D eigenvalue weighted by molar-refractivity contribution is 5.94. The molecule has 0 radical (unpaired) electrons. The van der Waals surface area contributed by atoms with Gasteiger partial charge in [-0.25, -0.2) is 4.98 Å². The summed E-state index contributed by atoms with van der Waals surface area (Å²) in [6.07, 6.45) is 1.80. The van der Waals surface area contributed by atoms with Crippen LogP contribution >= 0.6 is 0 Å². The van der Waals surface area contributed by atoms with Crippen molar-refractivity contribution in [2.45, 2.75) is 18.9 Å². The second kappa shape index (κ2) is 9.34. The Hall–Kier alpha value is -4.13. The van der Waals surface area contributed by atoms with Crippen molar-refractivity contribution < 1.29 is 19.4 Å². The summed E-state index contributed by atoms with van der Waals surface area (Å²) < 4.78 is 6.99. The molecular formula is C25H23N3O4. The van der Waals surface area contributed by atoms with E-state index in [4.69, 9.17) is 4.74 Å². The second-order valence-corrected chi connectivity index (χ2v) is 7.45. The third-order valence-corrected chi connectivity index (χ3v) is 5.27. The first kappa shape index (κ1) is 21.1. The van der Waals surface area contributed by atoms with Crippen molar-refractivity contribution in [2.75, 3.05) is 12.4 Å². The van der Waals surface area contributed by atoms with E-state index in [1.807, 2.05) is 71.3 Å². The molecule has 7 nitrogen and oxygen atoms in total. The summed E-state index contributed by atoms with van der Waals surface area (Å²) in [5, 5.41) is 12.4. The molecule has 7 heteroatoms. The van der Waals surface area contributed by atoms with Gasteiger partial charge < -0.3 is 19.7 Å². The van der Waals surface area contributed by atoms with Crippen LogP contribution < -0.4 is 10.1 Å². The van der Waals surface area contributed by atoms with E-state index in [2.05, 4.69) is 10.3 Å². The van der Waals surface area contributed by atoms with Gasteiger partial charge in [0.2, 0.25) is 5.91 Å². The summed E-state index contributed by atoms with van der Waals surface area (Å²) in [4.78, 5) is 28.5. The van der Waals surface area contributed by atoms with Crippen molar-refractivity contribution in [2.24, 2.45) is 0 Å². The number of carbonyl (C=O) groups excluding carboxylic acids is 1. The van der Waals surface area contributed by atoms with Crippen LogP contribution in [0, 0.1) is 0 Å². The third kappa shape index (κ3) is 4.78. The topological polar surface area (TPSA) is 93.5 Å². The van der Waals surface area contributed by atoms with E-state index in [1.165, 1.54) is 0 Å². The van der Waals surface area contributed by atoms with Crippen LogP contribution in [0.4, 0.5) is 5.69 Å². The predicted octanol–water partition coefficient (Wildman–Crippen LogP) is 4.29. The van der Waals surface area contributed by atoms with Gasteiger partial charge in [-0.05, 0) is 41.5 Å². The van der Waals surface area contributed by atoms with E-state index in [-0.39, 0.29) is 18.7 Å². The third-order valence-electron chi connectivity index (χ3n) is 5.27. The summed E-state index contributed by atoms with van der Waals surface area (Å²) in [6.45, 7) is 0. The van der Waals surface area contributed by atoms with Crippen LogP contribution in [0.15, 0.2) is 79.1 Å². The minimum Gasteiger partial charge on any atom is -0.497 e. The van der Waals surface area contributed by atoms with Crippen molar-refractivity contribution >= 4 is 28.6 Å². The number of rotatable bonds is 8. The molecule has 32 heavy (non-hydrogen) atoms. The Kier molecular flexibility index (Phi) is 6.17. The van der Waals surface area contributed by atoms with E-state index < -0.39 is 12.0 Å². The summed E-state index contributed by atoms with van der Waals surface area (Å²) in [7, 11) is 1.60. The largest absolute Gasteiger partial charge is 0.497 e. The molecule has 4 aromatic rings. The average Bonchev–Trinajstić information content (AvgIpc) is 3.21. The highest BCUT2D eigenvalue weighted by Gasteiger charge is 2.20.